The molecule has 2 aliphatic rings. The van der Waals surface area contributed by atoms with E-state index in [9.17, 15) is 14.4 Å². The van der Waals surface area contributed by atoms with E-state index < -0.39 is 0 Å². The van der Waals surface area contributed by atoms with Gasteiger partial charge in [-0.3, -0.25) is 19.4 Å². The van der Waals surface area contributed by atoms with E-state index in [4.69, 9.17) is 4.74 Å². The van der Waals surface area contributed by atoms with Crippen LogP contribution in [0.25, 0.3) is 0 Å². The summed E-state index contributed by atoms with van der Waals surface area (Å²) in [6.07, 6.45) is 10.3. The highest BCUT2D eigenvalue weighted by Crippen LogP contribution is 2.38. The van der Waals surface area contributed by atoms with Gasteiger partial charge in [0.15, 0.2) is 0 Å². The van der Waals surface area contributed by atoms with Gasteiger partial charge in [0, 0.05) is 63.6 Å². The average Bonchev–Trinajstić information content (AvgIpc) is 2.99. The van der Waals surface area contributed by atoms with E-state index in [1.807, 2.05) is 39.9 Å². The van der Waals surface area contributed by atoms with Crippen LogP contribution in [-0.2, 0) is 4.79 Å². The standard InChI is InChI=1S/C31H43N5O4/c1-4-24(5-2)29(38)36-18-12-31(13-19-36)11-7-16-35(30(39)27-22-32-14-15-33-27)17-8-20-40-26-10-6-9-25(21-26)28(37)34(3)23-31/h6,9-10,14-15,21-22,24H,4-5,7-8,11-13,16-20,23H2,1-3H3. The molecule has 1 spiro atoms. The second kappa shape index (κ2) is 13.7. The number of ether oxygens (including phenoxy) is 1. The molecule has 9 heteroatoms. The molecule has 0 aliphatic carbocycles. The van der Waals surface area contributed by atoms with Crippen LogP contribution in [0.2, 0.25) is 0 Å². The molecule has 0 radical (unpaired) electrons. The van der Waals surface area contributed by atoms with Gasteiger partial charge in [0.2, 0.25) is 5.91 Å². The SMILES string of the molecule is CCC(CC)C(=O)N1CCC2(CCCN(C(=O)c3cnccn3)CCCOc3cccc(c3)C(=O)N(C)C2)CC1. The number of hydrogen-bond donors (Lipinski definition) is 0. The number of amides is 3. The average molecular weight is 550 g/mol. The molecule has 3 amide bonds. The smallest absolute Gasteiger partial charge is 0.274 e. The van der Waals surface area contributed by atoms with Gasteiger partial charge in [0.05, 0.1) is 12.8 Å². The Kier molecular flexibility index (Phi) is 10.1. The molecular weight excluding hydrogens is 506 g/mol. The fraction of sp³-hybridized carbons (Fsp3) is 0.581. The first-order valence-electron chi connectivity index (χ1n) is 14.7. The van der Waals surface area contributed by atoms with Crippen molar-refractivity contribution in [2.45, 2.75) is 58.8 Å². The van der Waals surface area contributed by atoms with Crippen LogP contribution in [0.4, 0.5) is 0 Å². The third kappa shape index (κ3) is 7.17. The van der Waals surface area contributed by atoms with Crippen molar-refractivity contribution in [1.82, 2.24) is 24.7 Å². The quantitative estimate of drug-likeness (QED) is 0.564. The first-order chi connectivity index (χ1) is 19.4. The Morgan fingerprint density at radius 1 is 1.00 bits per heavy atom. The van der Waals surface area contributed by atoms with Crippen LogP contribution in [-0.4, -0.2) is 88.8 Å². The highest BCUT2D eigenvalue weighted by atomic mass is 16.5. The number of rotatable bonds is 4. The Morgan fingerprint density at radius 3 is 2.45 bits per heavy atom. The number of nitrogens with zero attached hydrogens (tertiary/aromatic N) is 5. The molecule has 9 nitrogen and oxygen atoms in total. The molecule has 0 N–H and O–H groups in total. The van der Waals surface area contributed by atoms with Gasteiger partial charge in [-0.15, -0.1) is 0 Å². The fourth-order valence-electron chi connectivity index (χ4n) is 6.08. The minimum Gasteiger partial charge on any atom is -0.494 e. The van der Waals surface area contributed by atoms with Crippen molar-refractivity contribution in [3.63, 3.8) is 0 Å². The molecule has 2 bridgehead atoms. The number of benzene rings is 1. The summed E-state index contributed by atoms with van der Waals surface area (Å²) in [5.41, 5.74) is 0.804. The molecule has 4 rings (SSSR count). The Labute approximate surface area is 237 Å². The Balaban J connectivity index is 1.56. The highest BCUT2D eigenvalue weighted by Gasteiger charge is 2.38. The predicted molar refractivity (Wildman–Crippen MR) is 153 cm³/mol. The number of likely N-dealkylation sites (tertiary alicyclic amines) is 1. The third-order valence-electron chi connectivity index (χ3n) is 8.52. The molecule has 0 saturated carbocycles. The maximum atomic E-state index is 13.5. The van der Waals surface area contributed by atoms with E-state index in [-0.39, 0.29) is 29.1 Å². The van der Waals surface area contributed by atoms with Crippen LogP contribution in [0.5, 0.6) is 5.75 Å². The lowest BCUT2D eigenvalue weighted by Gasteiger charge is -2.45. The number of piperidine rings is 1. The summed E-state index contributed by atoms with van der Waals surface area (Å²) in [7, 11) is 1.86. The lowest BCUT2D eigenvalue weighted by molar-refractivity contribution is -0.138. The summed E-state index contributed by atoms with van der Waals surface area (Å²) in [5, 5.41) is 0. The van der Waals surface area contributed by atoms with E-state index in [2.05, 4.69) is 23.8 Å². The molecule has 2 aliphatic heterocycles. The van der Waals surface area contributed by atoms with Crippen LogP contribution in [0, 0.1) is 11.3 Å². The van der Waals surface area contributed by atoms with Gasteiger partial charge >= 0.3 is 0 Å². The van der Waals surface area contributed by atoms with E-state index in [0.29, 0.717) is 62.8 Å². The second-order valence-electron chi connectivity index (χ2n) is 11.2. The van der Waals surface area contributed by atoms with Crippen molar-refractivity contribution < 1.29 is 19.1 Å². The molecule has 40 heavy (non-hydrogen) atoms. The summed E-state index contributed by atoms with van der Waals surface area (Å²) in [4.78, 5) is 53.9. The zero-order valence-corrected chi connectivity index (χ0v) is 24.2. The summed E-state index contributed by atoms with van der Waals surface area (Å²) < 4.78 is 5.95. The Hall–Kier alpha value is -3.49. The largest absolute Gasteiger partial charge is 0.494 e. The number of aromatic nitrogens is 2. The molecule has 0 unspecified atom stereocenters. The van der Waals surface area contributed by atoms with Gasteiger partial charge in [-0.1, -0.05) is 19.9 Å². The Bertz CT molecular complexity index is 1150. The lowest BCUT2D eigenvalue weighted by Crippen LogP contribution is -2.49. The molecule has 1 fully saturated rings. The first-order valence-corrected chi connectivity index (χ1v) is 14.7. The normalized spacial score (nSPS) is 18.7. The summed E-state index contributed by atoms with van der Waals surface area (Å²) >= 11 is 0. The zero-order chi connectivity index (χ0) is 28.5. The van der Waals surface area contributed by atoms with Crippen molar-refractivity contribution in [3.8, 4) is 5.75 Å². The van der Waals surface area contributed by atoms with Crippen LogP contribution in [0.3, 0.4) is 0 Å². The minimum atomic E-state index is -0.134. The number of hydrogen-bond acceptors (Lipinski definition) is 6. The number of fused-ring (bicyclic) bond motifs is 2. The highest BCUT2D eigenvalue weighted by molar-refractivity contribution is 5.94. The topological polar surface area (TPSA) is 95.9 Å². The van der Waals surface area contributed by atoms with Crippen molar-refractivity contribution in [2.24, 2.45) is 11.3 Å². The Morgan fingerprint density at radius 2 is 1.75 bits per heavy atom. The van der Waals surface area contributed by atoms with Crippen molar-refractivity contribution >= 4 is 17.7 Å². The van der Waals surface area contributed by atoms with Crippen LogP contribution < -0.4 is 4.74 Å². The van der Waals surface area contributed by atoms with Crippen LogP contribution in [0.1, 0.15) is 79.6 Å². The van der Waals surface area contributed by atoms with Gasteiger partial charge < -0.3 is 19.4 Å². The van der Waals surface area contributed by atoms with Crippen LogP contribution >= 0.6 is 0 Å². The lowest BCUT2D eigenvalue weighted by atomic mass is 9.74. The summed E-state index contributed by atoms with van der Waals surface area (Å²) in [6, 6.07) is 7.32. The van der Waals surface area contributed by atoms with Gasteiger partial charge in [-0.2, -0.15) is 0 Å². The molecule has 1 aromatic carbocycles. The van der Waals surface area contributed by atoms with Gasteiger partial charge in [-0.25, -0.2) is 4.98 Å². The monoisotopic (exact) mass is 549 g/mol. The predicted octanol–water partition coefficient (Wildman–Crippen LogP) is 4.30. The third-order valence-corrected chi connectivity index (χ3v) is 8.52. The second-order valence-corrected chi connectivity index (χ2v) is 11.2. The molecule has 1 aromatic heterocycles. The molecular formula is C31H43N5O4. The van der Waals surface area contributed by atoms with Crippen LogP contribution in [0.15, 0.2) is 42.9 Å². The maximum absolute atomic E-state index is 13.5. The van der Waals surface area contributed by atoms with Crippen molar-refractivity contribution in [3.05, 3.63) is 54.1 Å². The van der Waals surface area contributed by atoms with E-state index >= 15 is 0 Å². The van der Waals surface area contributed by atoms with Crippen molar-refractivity contribution in [1.29, 1.82) is 0 Å². The molecule has 216 valence electrons. The van der Waals surface area contributed by atoms with Gasteiger partial charge in [0.1, 0.15) is 11.4 Å². The van der Waals surface area contributed by atoms with E-state index in [0.717, 1.165) is 38.5 Å². The molecule has 3 heterocycles. The fourth-order valence-corrected chi connectivity index (χ4v) is 6.08. The van der Waals surface area contributed by atoms with E-state index in [1.54, 1.807) is 12.3 Å². The van der Waals surface area contributed by atoms with Crippen molar-refractivity contribution in [2.75, 3.05) is 46.4 Å². The van der Waals surface area contributed by atoms with Gasteiger partial charge in [0.25, 0.3) is 11.8 Å². The molecule has 2 aromatic rings. The first kappa shape index (κ1) is 29.5. The van der Waals surface area contributed by atoms with E-state index in [1.165, 1.54) is 12.4 Å². The zero-order valence-electron chi connectivity index (χ0n) is 24.2. The molecule has 1 saturated heterocycles. The molecule has 0 atom stereocenters. The minimum absolute atomic E-state index is 0.0327. The maximum Gasteiger partial charge on any atom is 0.274 e. The summed E-state index contributed by atoms with van der Waals surface area (Å²) in [5.74, 6) is 0.797. The summed E-state index contributed by atoms with van der Waals surface area (Å²) in [6.45, 7) is 7.70. The number of carbonyl (C=O) groups is 3. The number of carbonyl (C=O) groups excluding carboxylic acids is 3. The van der Waals surface area contributed by atoms with Gasteiger partial charge in [-0.05, 0) is 68.6 Å².